The number of benzene rings is 1. The molecular formula is C12H11BrClFN2. The summed E-state index contributed by atoms with van der Waals surface area (Å²) in [5, 5.41) is 4.36. The highest BCUT2D eigenvalue weighted by atomic mass is 79.9. The van der Waals surface area contributed by atoms with Crippen molar-refractivity contribution < 1.29 is 4.39 Å². The molecule has 0 N–H and O–H groups in total. The van der Waals surface area contributed by atoms with Crippen molar-refractivity contribution in [3.63, 3.8) is 0 Å². The van der Waals surface area contributed by atoms with Gasteiger partial charge in [0.2, 0.25) is 0 Å². The van der Waals surface area contributed by atoms with Gasteiger partial charge in [-0.1, -0.05) is 0 Å². The van der Waals surface area contributed by atoms with Crippen LogP contribution in [-0.4, -0.2) is 9.78 Å². The number of nitrogens with zero attached hydrogens (tertiary/aromatic N) is 2. The fraction of sp³-hybridized carbons (Fsp3) is 0.250. The first-order valence-corrected chi connectivity index (χ1v) is 6.43. The maximum absolute atomic E-state index is 13.4. The third kappa shape index (κ3) is 2.38. The zero-order valence-electron chi connectivity index (χ0n) is 9.47. The molecule has 2 aromatic rings. The Kier molecular flexibility index (Phi) is 3.54. The first-order chi connectivity index (χ1) is 8.02. The second-order valence-corrected chi connectivity index (χ2v) is 4.91. The van der Waals surface area contributed by atoms with E-state index in [4.69, 9.17) is 11.6 Å². The number of halogens is 3. The largest absolute Gasteiger partial charge is 0.237 e. The molecule has 0 aliphatic rings. The van der Waals surface area contributed by atoms with E-state index in [-0.39, 0.29) is 11.7 Å². The Bertz CT molecular complexity index is 566. The van der Waals surface area contributed by atoms with Crippen molar-refractivity contribution >= 4 is 27.5 Å². The lowest BCUT2D eigenvalue weighted by Gasteiger charge is -2.06. The summed E-state index contributed by atoms with van der Waals surface area (Å²) in [5.74, 6) is -0.0209. The Balaban J connectivity index is 2.59. The van der Waals surface area contributed by atoms with Crippen LogP contribution in [0.25, 0.3) is 5.69 Å². The zero-order chi connectivity index (χ0) is 12.6. The molecule has 0 spiro atoms. The summed E-state index contributed by atoms with van der Waals surface area (Å²) in [6.07, 6.45) is 0. The molecular weight excluding hydrogens is 307 g/mol. The molecule has 2 nitrogen and oxygen atoms in total. The minimum Gasteiger partial charge on any atom is -0.237 e. The molecule has 2 rings (SSSR count). The minimum absolute atomic E-state index is 0.283. The van der Waals surface area contributed by atoms with Crippen LogP contribution in [0.15, 0.2) is 22.7 Å². The zero-order valence-corrected chi connectivity index (χ0v) is 11.8. The molecule has 0 radical (unpaired) electrons. The second-order valence-electron chi connectivity index (χ2n) is 3.85. The summed E-state index contributed by atoms with van der Waals surface area (Å²) in [6.45, 7) is 3.82. The maximum atomic E-state index is 13.4. The van der Waals surface area contributed by atoms with Crippen molar-refractivity contribution in [2.24, 2.45) is 0 Å². The van der Waals surface area contributed by atoms with Gasteiger partial charge in [-0.05, 0) is 53.5 Å². The van der Waals surface area contributed by atoms with Crippen LogP contribution in [-0.2, 0) is 5.88 Å². The van der Waals surface area contributed by atoms with Crippen LogP contribution in [0.4, 0.5) is 4.39 Å². The molecule has 17 heavy (non-hydrogen) atoms. The number of aryl methyl sites for hydroxylation is 1. The fourth-order valence-electron chi connectivity index (χ4n) is 1.71. The van der Waals surface area contributed by atoms with Gasteiger partial charge in [-0.25, -0.2) is 9.07 Å². The summed E-state index contributed by atoms with van der Waals surface area (Å²) < 4.78 is 16.1. The summed E-state index contributed by atoms with van der Waals surface area (Å²) in [6, 6.07) is 4.71. The fourth-order valence-corrected chi connectivity index (χ4v) is 2.11. The van der Waals surface area contributed by atoms with Crippen molar-refractivity contribution in [1.82, 2.24) is 9.78 Å². The topological polar surface area (TPSA) is 17.8 Å². The molecule has 0 bridgehead atoms. The van der Waals surface area contributed by atoms with Gasteiger partial charge in [0.15, 0.2) is 0 Å². The molecule has 0 fully saturated rings. The molecule has 1 aromatic carbocycles. The van der Waals surface area contributed by atoms with Crippen LogP contribution in [0.3, 0.4) is 0 Å². The maximum Gasteiger partial charge on any atom is 0.125 e. The van der Waals surface area contributed by atoms with E-state index in [0.29, 0.717) is 5.69 Å². The van der Waals surface area contributed by atoms with E-state index >= 15 is 0 Å². The number of aromatic nitrogens is 2. The van der Waals surface area contributed by atoms with Crippen LogP contribution < -0.4 is 0 Å². The number of hydrogen-bond acceptors (Lipinski definition) is 1. The average Bonchev–Trinajstić information content (AvgIpc) is 2.56. The lowest BCUT2D eigenvalue weighted by molar-refractivity contribution is 0.623. The van der Waals surface area contributed by atoms with Crippen molar-refractivity contribution in [3.05, 3.63) is 45.4 Å². The normalized spacial score (nSPS) is 10.9. The van der Waals surface area contributed by atoms with Crippen LogP contribution in [0.5, 0.6) is 0 Å². The van der Waals surface area contributed by atoms with Gasteiger partial charge in [-0.2, -0.15) is 5.10 Å². The highest BCUT2D eigenvalue weighted by Gasteiger charge is 2.11. The van der Waals surface area contributed by atoms with Crippen LogP contribution in [0.1, 0.15) is 17.0 Å². The molecule has 90 valence electrons. The second kappa shape index (κ2) is 4.78. The van der Waals surface area contributed by atoms with Crippen molar-refractivity contribution in [2.45, 2.75) is 19.7 Å². The van der Waals surface area contributed by atoms with E-state index in [9.17, 15) is 4.39 Å². The quantitative estimate of drug-likeness (QED) is 0.762. The molecule has 0 saturated carbocycles. The summed E-state index contributed by atoms with van der Waals surface area (Å²) >= 11 is 9.18. The first kappa shape index (κ1) is 12.6. The molecule has 0 atom stereocenters. The summed E-state index contributed by atoms with van der Waals surface area (Å²) in [4.78, 5) is 0. The molecule has 0 unspecified atom stereocenters. The van der Waals surface area contributed by atoms with E-state index in [1.807, 2.05) is 19.9 Å². The van der Waals surface area contributed by atoms with Gasteiger partial charge in [0.25, 0.3) is 0 Å². The van der Waals surface area contributed by atoms with E-state index in [1.54, 1.807) is 4.68 Å². The predicted molar refractivity (Wildman–Crippen MR) is 70.3 cm³/mol. The highest BCUT2D eigenvalue weighted by Crippen LogP contribution is 2.24. The molecule has 5 heteroatoms. The van der Waals surface area contributed by atoms with Gasteiger partial charge in [-0.15, -0.1) is 11.6 Å². The van der Waals surface area contributed by atoms with Crippen molar-refractivity contribution in [3.8, 4) is 5.69 Å². The molecule has 1 aromatic heterocycles. The van der Waals surface area contributed by atoms with Crippen molar-refractivity contribution in [1.29, 1.82) is 0 Å². The Morgan fingerprint density at radius 3 is 2.59 bits per heavy atom. The van der Waals surface area contributed by atoms with Gasteiger partial charge < -0.3 is 0 Å². The van der Waals surface area contributed by atoms with E-state index in [0.717, 1.165) is 21.4 Å². The van der Waals surface area contributed by atoms with Gasteiger partial charge in [-0.3, -0.25) is 0 Å². The van der Waals surface area contributed by atoms with Gasteiger partial charge in [0.05, 0.1) is 21.5 Å². The lowest BCUT2D eigenvalue weighted by atomic mass is 10.2. The minimum atomic E-state index is -0.304. The summed E-state index contributed by atoms with van der Waals surface area (Å²) in [5.41, 5.74) is 3.24. The van der Waals surface area contributed by atoms with Crippen LogP contribution in [0, 0.1) is 19.7 Å². The smallest absolute Gasteiger partial charge is 0.125 e. The monoisotopic (exact) mass is 316 g/mol. The third-order valence-corrected chi connectivity index (χ3v) is 4.00. The molecule has 1 heterocycles. The highest BCUT2D eigenvalue weighted by molar-refractivity contribution is 9.10. The van der Waals surface area contributed by atoms with Crippen LogP contribution in [0.2, 0.25) is 0 Å². The Morgan fingerprint density at radius 1 is 1.35 bits per heavy atom. The molecule has 0 saturated heterocycles. The third-order valence-electron chi connectivity index (χ3n) is 2.54. The summed E-state index contributed by atoms with van der Waals surface area (Å²) in [7, 11) is 0. The van der Waals surface area contributed by atoms with Crippen molar-refractivity contribution in [2.75, 3.05) is 0 Å². The molecule has 0 aliphatic carbocycles. The Morgan fingerprint density at radius 2 is 2.06 bits per heavy atom. The molecule has 0 aliphatic heterocycles. The van der Waals surface area contributed by atoms with Gasteiger partial charge in [0, 0.05) is 5.88 Å². The Labute approximate surface area is 113 Å². The number of rotatable bonds is 2. The lowest BCUT2D eigenvalue weighted by Crippen LogP contribution is -2.00. The van der Waals surface area contributed by atoms with Crippen LogP contribution >= 0.6 is 27.5 Å². The molecule has 0 amide bonds. The van der Waals surface area contributed by atoms with Gasteiger partial charge in [0.1, 0.15) is 5.82 Å². The standard InChI is InChI=1S/C12H11BrClFN2/c1-7-12(13)8(2)17(16-7)11-4-9(6-14)3-10(15)5-11/h3-5H,6H2,1-2H3. The van der Waals surface area contributed by atoms with Gasteiger partial charge >= 0.3 is 0 Å². The predicted octanol–water partition coefficient (Wildman–Crippen LogP) is 4.13. The SMILES string of the molecule is Cc1nn(-c2cc(F)cc(CCl)c2)c(C)c1Br. The van der Waals surface area contributed by atoms with E-state index in [1.165, 1.54) is 12.1 Å². The Hall–Kier alpha value is -0.870. The average molecular weight is 318 g/mol. The van der Waals surface area contributed by atoms with E-state index in [2.05, 4.69) is 21.0 Å². The first-order valence-electron chi connectivity index (χ1n) is 5.10. The number of alkyl halides is 1. The number of hydrogen-bond donors (Lipinski definition) is 0. The van der Waals surface area contributed by atoms with E-state index < -0.39 is 0 Å².